The number of hydrogen-bond donors (Lipinski definition) is 1. The number of anilines is 1. The quantitative estimate of drug-likeness (QED) is 0.314. The minimum Gasteiger partial charge on any atom is -0.326 e. The van der Waals surface area contributed by atoms with Gasteiger partial charge in [-0.1, -0.05) is 60.7 Å². The van der Waals surface area contributed by atoms with E-state index >= 15 is 0 Å². The first kappa shape index (κ1) is 21.6. The van der Waals surface area contributed by atoms with Crippen molar-refractivity contribution in [2.24, 2.45) is 0 Å². The third-order valence-electron chi connectivity index (χ3n) is 5.92. The number of rotatable bonds is 6. The summed E-state index contributed by atoms with van der Waals surface area (Å²) in [5, 5.41) is 2.79. The molecule has 3 aromatic carbocycles. The smallest absolute Gasteiger partial charge is 0.224 e. The molecule has 0 saturated heterocycles. The monoisotopic (exact) mass is 449 g/mol. The number of carbonyl (C=O) groups excluding carboxylic acids is 1. The van der Waals surface area contributed by atoms with Gasteiger partial charge in [-0.25, -0.2) is 9.37 Å². The summed E-state index contributed by atoms with van der Waals surface area (Å²) in [4.78, 5) is 17.6. The van der Waals surface area contributed by atoms with Gasteiger partial charge in [0, 0.05) is 23.9 Å². The lowest BCUT2D eigenvalue weighted by Crippen LogP contribution is -2.13. The Bertz CT molecular complexity index is 1470. The van der Waals surface area contributed by atoms with Crippen molar-refractivity contribution in [1.82, 2.24) is 9.38 Å². The number of hydrogen-bond acceptors (Lipinski definition) is 2. The summed E-state index contributed by atoms with van der Waals surface area (Å²) in [6.45, 7) is 2.10. The van der Waals surface area contributed by atoms with Crippen molar-refractivity contribution in [3.8, 4) is 22.4 Å². The molecule has 0 aliphatic carbocycles. The second kappa shape index (κ2) is 9.32. The molecule has 0 atom stereocenters. The number of pyridine rings is 1. The molecule has 5 aromatic rings. The van der Waals surface area contributed by atoms with Crippen LogP contribution >= 0.6 is 0 Å². The third kappa shape index (κ3) is 4.46. The molecule has 1 amide bonds. The minimum atomic E-state index is -0.380. The van der Waals surface area contributed by atoms with E-state index in [4.69, 9.17) is 4.98 Å². The molecule has 1 N–H and O–H groups in total. The van der Waals surface area contributed by atoms with Crippen molar-refractivity contribution in [3.63, 3.8) is 0 Å². The molecule has 34 heavy (non-hydrogen) atoms. The largest absolute Gasteiger partial charge is 0.326 e. The zero-order valence-electron chi connectivity index (χ0n) is 18.8. The third-order valence-corrected chi connectivity index (χ3v) is 5.92. The lowest BCUT2D eigenvalue weighted by molar-refractivity contribution is -0.116. The Morgan fingerprint density at radius 1 is 0.912 bits per heavy atom. The average molecular weight is 450 g/mol. The van der Waals surface area contributed by atoms with E-state index in [1.54, 1.807) is 12.1 Å². The fraction of sp³-hybridized carbons (Fsp3) is 0.103. The lowest BCUT2D eigenvalue weighted by atomic mass is 10.0. The van der Waals surface area contributed by atoms with Crippen molar-refractivity contribution >= 4 is 17.2 Å². The first-order chi connectivity index (χ1) is 16.6. The maximum absolute atomic E-state index is 13.5. The van der Waals surface area contributed by atoms with Crippen LogP contribution in [0.5, 0.6) is 0 Å². The van der Waals surface area contributed by atoms with Gasteiger partial charge in [-0.05, 0) is 60.4 Å². The summed E-state index contributed by atoms with van der Waals surface area (Å²) in [6.07, 6.45) is 2.83. The number of aryl methyl sites for hydroxylation is 2. The molecule has 0 unspecified atom stereocenters. The van der Waals surface area contributed by atoms with Gasteiger partial charge in [0.15, 0.2) is 0 Å². The topological polar surface area (TPSA) is 46.4 Å². The Labute approximate surface area is 197 Å². The van der Waals surface area contributed by atoms with Crippen LogP contribution in [0.4, 0.5) is 10.1 Å². The van der Waals surface area contributed by atoms with Crippen LogP contribution < -0.4 is 5.32 Å². The number of fused-ring (bicyclic) bond motifs is 1. The second-order valence-electron chi connectivity index (χ2n) is 8.29. The van der Waals surface area contributed by atoms with Crippen LogP contribution in [0.2, 0.25) is 0 Å². The molecular weight excluding hydrogens is 425 g/mol. The molecule has 0 radical (unpaired) electrons. The van der Waals surface area contributed by atoms with Gasteiger partial charge in [0.25, 0.3) is 0 Å². The highest BCUT2D eigenvalue weighted by atomic mass is 19.1. The number of carbonyl (C=O) groups is 1. The van der Waals surface area contributed by atoms with Crippen LogP contribution in [-0.2, 0) is 11.2 Å². The molecule has 0 aliphatic rings. The molecule has 168 valence electrons. The van der Waals surface area contributed by atoms with E-state index in [1.165, 1.54) is 17.7 Å². The number of amides is 1. The van der Waals surface area contributed by atoms with E-state index in [-0.39, 0.29) is 18.1 Å². The number of halogens is 1. The van der Waals surface area contributed by atoms with Crippen LogP contribution in [-0.4, -0.2) is 15.3 Å². The Morgan fingerprint density at radius 3 is 2.50 bits per heavy atom. The molecule has 2 heterocycles. The second-order valence-corrected chi connectivity index (χ2v) is 8.29. The molecule has 0 spiro atoms. The van der Waals surface area contributed by atoms with Crippen molar-refractivity contribution in [1.29, 1.82) is 0 Å². The molecule has 0 aliphatic heterocycles. The predicted octanol–water partition coefficient (Wildman–Crippen LogP) is 6.69. The highest BCUT2D eigenvalue weighted by Crippen LogP contribution is 2.29. The SMILES string of the molecule is Cc1ccccc1-c1ccc2nc(-c3ccccc3)c(CCC(=O)Nc3cccc(F)c3)n2c1. The van der Waals surface area contributed by atoms with Crippen molar-refractivity contribution < 1.29 is 9.18 Å². The van der Waals surface area contributed by atoms with Gasteiger partial charge in [0.1, 0.15) is 11.5 Å². The van der Waals surface area contributed by atoms with Crippen LogP contribution in [0.15, 0.2) is 97.2 Å². The van der Waals surface area contributed by atoms with E-state index in [9.17, 15) is 9.18 Å². The first-order valence-corrected chi connectivity index (χ1v) is 11.3. The maximum atomic E-state index is 13.5. The zero-order valence-corrected chi connectivity index (χ0v) is 18.8. The molecule has 2 aromatic heterocycles. The van der Waals surface area contributed by atoms with Gasteiger partial charge < -0.3 is 9.72 Å². The summed E-state index contributed by atoms with van der Waals surface area (Å²) in [5.74, 6) is -0.552. The lowest BCUT2D eigenvalue weighted by Gasteiger charge is -2.10. The van der Waals surface area contributed by atoms with E-state index in [2.05, 4.69) is 41.0 Å². The van der Waals surface area contributed by atoms with Gasteiger partial charge in [0.05, 0.1) is 11.4 Å². The van der Waals surface area contributed by atoms with Crippen molar-refractivity contribution in [2.75, 3.05) is 5.32 Å². The van der Waals surface area contributed by atoms with Gasteiger partial charge in [-0.3, -0.25) is 4.79 Å². The summed E-state index contributed by atoms with van der Waals surface area (Å²) in [7, 11) is 0. The summed E-state index contributed by atoms with van der Waals surface area (Å²) >= 11 is 0. The molecule has 0 saturated carbocycles. The summed E-state index contributed by atoms with van der Waals surface area (Å²) < 4.78 is 15.6. The zero-order chi connectivity index (χ0) is 23.5. The Kier molecular flexibility index (Phi) is 5.91. The Hall–Kier alpha value is -4.25. The standard InChI is InChI=1S/C29H24FN3O/c1-20-8-5-6-13-25(20)22-14-16-27-32-29(21-9-3-2-4-10-21)26(33(27)19-22)15-17-28(34)31-24-12-7-11-23(30)18-24/h2-14,16,18-19H,15,17H2,1H3,(H,31,34). The number of imidazole rings is 1. The number of benzene rings is 3. The van der Waals surface area contributed by atoms with Crippen LogP contribution in [0.1, 0.15) is 17.7 Å². The average Bonchev–Trinajstić information content (AvgIpc) is 3.21. The minimum absolute atomic E-state index is 0.172. The van der Waals surface area contributed by atoms with Crippen molar-refractivity contribution in [3.05, 3.63) is 114 Å². The Balaban J connectivity index is 1.51. The van der Waals surface area contributed by atoms with E-state index in [0.717, 1.165) is 33.7 Å². The van der Waals surface area contributed by atoms with E-state index in [0.29, 0.717) is 12.1 Å². The van der Waals surface area contributed by atoms with Crippen LogP contribution in [0, 0.1) is 12.7 Å². The number of aromatic nitrogens is 2. The summed E-state index contributed by atoms with van der Waals surface area (Å²) in [6, 6.07) is 28.3. The molecular formula is C29H24FN3O. The molecule has 5 rings (SSSR count). The van der Waals surface area contributed by atoms with Crippen LogP contribution in [0.3, 0.4) is 0 Å². The normalized spacial score (nSPS) is 11.0. The molecule has 4 nitrogen and oxygen atoms in total. The highest BCUT2D eigenvalue weighted by Gasteiger charge is 2.16. The van der Waals surface area contributed by atoms with E-state index in [1.807, 2.05) is 48.5 Å². The molecule has 0 bridgehead atoms. The fourth-order valence-corrected chi connectivity index (χ4v) is 4.24. The number of nitrogens with zero attached hydrogens (tertiary/aromatic N) is 2. The Morgan fingerprint density at radius 2 is 1.71 bits per heavy atom. The van der Waals surface area contributed by atoms with Gasteiger partial charge in [-0.15, -0.1) is 0 Å². The maximum Gasteiger partial charge on any atom is 0.224 e. The van der Waals surface area contributed by atoms with E-state index < -0.39 is 0 Å². The highest BCUT2D eigenvalue weighted by molar-refractivity contribution is 5.91. The van der Waals surface area contributed by atoms with Gasteiger partial charge in [-0.2, -0.15) is 0 Å². The van der Waals surface area contributed by atoms with Gasteiger partial charge in [0.2, 0.25) is 5.91 Å². The van der Waals surface area contributed by atoms with Crippen molar-refractivity contribution in [2.45, 2.75) is 19.8 Å². The van der Waals surface area contributed by atoms with Crippen LogP contribution in [0.25, 0.3) is 28.0 Å². The summed E-state index contributed by atoms with van der Waals surface area (Å²) in [5.41, 5.74) is 7.56. The number of nitrogens with one attached hydrogen (secondary N) is 1. The molecule has 5 heteroatoms. The predicted molar refractivity (Wildman–Crippen MR) is 134 cm³/mol. The van der Waals surface area contributed by atoms with Gasteiger partial charge >= 0.3 is 0 Å². The molecule has 0 fully saturated rings. The fourth-order valence-electron chi connectivity index (χ4n) is 4.24. The first-order valence-electron chi connectivity index (χ1n) is 11.3.